The molecular weight excluding hydrogens is 224 g/mol. The summed E-state index contributed by atoms with van der Waals surface area (Å²) in [5, 5.41) is 3.03. The fraction of sp³-hybridized carbons (Fsp3) is 0.467. The molecule has 1 N–H and O–H groups in total. The summed E-state index contributed by atoms with van der Waals surface area (Å²) in [6.07, 6.45) is 5.10. The largest absolute Gasteiger partial charge is 0.352 e. The zero-order valence-electron chi connectivity index (χ0n) is 10.9. The van der Waals surface area contributed by atoms with Crippen molar-refractivity contribution in [1.82, 2.24) is 10.3 Å². The van der Waals surface area contributed by atoms with Gasteiger partial charge < -0.3 is 5.32 Å². The van der Waals surface area contributed by atoms with Crippen molar-refractivity contribution in [2.45, 2.75) is 39.2 Å². The molecule has 0 aromatic carbocycles. The van der Waals surface area contributed by atoms with Crippen molar-refractivity contribution in [2.24, 2.45) is 5.41 Å². The van der Waals surface area contributed by atoms with Crippen molar-refractivity contribution in [2.75, 3.05) is 0 Å². The molecule has 0 atom stereocenters. The Hall–Kier alpha value is -1.82. The smallest absolute Gasteiger partial charge is 0.237 e. The molecule has 0 aliphatic heterocycles. The normalized spacial score (nSPS) is 15.2. The van der Waals surface area contributed by atoms with Crippen molar-refractivity contribution < 1.29 is 4.79 Å². The van der Waals surface area contributed by atoms with E-state index >= 15 is 0 Å². The van der Waals surface area contributed by atoms with Gasteiger partial charge in [0.1, 0.15) is 11.1 Å². The molecule has 18 heavy (non-hydrogen) atoms. The Kier molecular flexibility index (Phi) is 3.66. The number of pyridine rings is 1. The lowest BCUT2D eigenvalue weighted by molar-refractivity contribution is -0.128. The van der Waals surface area contributed by atoms with Gasteiger partial charge in [0.05, 0.1) is 0 Å². The van der Waals surface area contributed by atoms with Gasteiger partial charge in [-0.15, -0.1) is 0 Å². The Labute approximate surface area is 108 Å². The molecule has 1 fully saturated rings. The van der Waals surface area contributed by atoms with Gasteiger partial charge in [0, 0.05) is 12.2 Å². The second-order valence-electron chi connectivity index (χ2n) is 5.19. The molecule has 94 valence electrons. The van der Waals surface area contributed by atoms with Gasteiger partial charge in [-0.1, -0.05) is 12.0 Å². The average molecular weight is 242 g/mol. The van der Waals surface area contributed by atoms with Gasteiger partial charge in [0.25, 0.3) is 0 Å². The Morgan fingerprint density at radius 1 is 1.44 bits per heavy atom. The molecule has 1 aliphatic carbocycles. The maximum absolute atomic E-state index is 12.1. The zero-order chi connectivity index (χ0) is 13.0. The minimum absolute atomic E-state index is 0.00984. The molecule has 0 spiro atoms. The molecule has 2 rings (SSSR count). The van der Waals surface area contributed by atoms with Gasteiger partial charge in [-0.3, -0.25) is 4.79 Å². The van der Waals surface area contributed by atoms with E-state index < -0.39 is 5.41 Å². The maximum Gasteiger partial charge on any atom is 0.237 e. The lowest BCUT2D eigenvalue weighted by Gasteiger charge is -2.29. The standard InChI is InChI=1S/C15H18N2O/c1-15(2,14(18)17-13-7-5-8-13)10-9-12-6-3-4-11-16-12/h3-4,6,11,13H,5,7-8H2,1-2H3,(H,17,18). The van der Waals surface area contributed by atoms with Crippen LogP contribution in [0.3, 0.4) is 0 Å². The number of aromatic nitrogens is 1. The number of amides is 1. The minimum atomic E-state index is -0.674. The number of rotatable bonds is 2. The highest BCUT2D eigenvalue weighted by Crippen LogP contribution is 2.21. The highest BCUT2D eigenvalue weighted by atomic mass is 16.2. The maximum atomic E-state index is 12.1. The first-order valence-electron chi connectivity index (χ1n) is 6.33. The van der Waals surface area contributed by atoms with E-state index in [2.05, 4.69) is 22.1 Å². The second kappa shape index (κ2) is 5.22. The summed E-state index contributed by atoms with van der Waals surface area (Å²) < 4.78 is 0. The summed E-state index contributed by atoms with van der Waals surface area (Å²) in [6.45, 7) is 3.69. The number of carbonyl (C=O) groups is 1. The van der Waals surface area contributed by atoms with Gasteiger partial charge in [-0.25, -0.2) is 4.98 Å². The molecule has 0 bridgehead atoms. The predicted molar refractivity (Wildman–Crippen MR) is 70.7 cm³/mol. The van der Waals surface area contributed by atoms with Crippen molar-refractivity contribution in [1.29, 1.82) is 0 Å². The Bertz CT molecular complexity index is 478. The first-order chi connectivity index (χ1) is 8.58. The molecule has 1 aromatic heterocycles. The van der Waals surface area contributed by atoms with Crippen LogP contribution < -0.4 is 5.32 Å². The summed E-state index contributed by atoms with van der Waals surface area (Å²) in [5.41, 5.74) is 0.0228. The lowest BCUT2D eigenvalue weighted by atomic mass is 9.88. The third kappa shape index (κ3) is 3.10. The van der Waals surface area contributed by atoms with Crippen LogP contribution in [-0.2, 0) is 4.79 Å². The van der Waals surface area contributed by atoms with Crippen molar-refractivity contribution >= 4 is 5.91 Å². The first-order valence-corrected chi connectivity index (χ1v) is 6.33. The molecule has 1 aliphatic rings. The zero-order valence-corrected chi connectivity index (χ0v) is 10.9. The summed E-state index contributed by atoms with van der Waals surface area (Å²) >= 11 is 0. The third-order valence-corrected chi connectivity index (χ3v) is 3.18. The Morgan fingerprint density at radius 3 is 2.78 bits per heavy atom. The molecular formula is C15H18N2O. The molecule has 0 radical (unpaired) electrons. The van der Waals surface area contributed by atoms with Crippen LogP contribution in [0, 0.1) is 17.3 Å². The van der Waals surface area contributed by atoms with Crippen LogP contribution in [0.2, 0.25) is 0 Å². The van der Waals surface area contributed by atoms with E-state index in [1.54, 1.807) is 6.20 Å². The highest BCUT2D eigenvalue weighted by Gasteiger charge is 2.29. The highest BCUT2D eigenvalue weighted by molar-refractivity contribution is 5.85. The average Bonchev–Trinajstić information content (AvgIpc) is 2.32. The molecule has 3 nitrogen and oxygen atoms in total. The van der Waals surface area contributed by atoms with Crippen LogP contribution in [0.5, 0.6) is 0 Å². The second-order valence-corrected chi connectivity index (χ2v) is 5.19. The molecule has 0 saturated heterocycles. The molecule has 1 amide bonds. The molecule has 1 aromatic rings. The van der Waals surface area contributed by atoms with E-state index in [-0.39, 0.29) is 5.91 Å². The van der Waals surface area contributed by atoms with Crippen LogP contribution in [-0.4, -0.2) is 16.9 Å². The summed E-state index contributed by atoms with van der Waals surface area (Å²) in [5.74, 6) is 5.97. The molecule has 0 unspecified atom stereocenters. The van der Waals surface area contributed by atoms with Gasteiger partial charge in [0.2, 0.25) is 5.91 Å². The fourth-order valence-corrected chi connectivity index (χ4v) is 1.63. The van der Waals surface area contributed by atoms with Crippen LogP contribution >= 0.6 is 0 Å². The van der Waals surface area contributed by atoms with Crippen molar-refractivity contribution in [3.05, 3.63) is 30.1 Å². The molecule has 1 saturated carbocycles. The van der Waals surface area contributed by atoms with Crippen LogP contribution in [0.1, 0.15) is 38.8 Å². The molecule has 3 heteroatoms. The van der Waals surface area contributed by atoms with Gasteiger partial charge >= 0.3 is 0 Å². The minimum Gasteiger partial charge on any atom is -0.352 e. The van der Waals surface area contributed by atoms with Gasteiger partial charge in [0.15, 0.2) is 0 Å². The van der Waals surface area contributed by atoms with Gasteiger partial charge in [-0.2, -0.15) is 0 Å². The predicted octanol–water partition coefficient (Wildman–Crippen LogP) is 2.13. The van der Waals surface area contributed by atoms with E-state index in [9.17, 15) is 4.79 Å². The number of nitrogens with one attached hydrogen (secondary N) is 1. The third-order valence-electron chi connectivity index (χ3n) is 3.18. The van der Waals surface area contributed by atoms with E-state index in [0.717, 1.165) is 12.8 Å². The Balaban J connectivity index is 2.01. The van der Waals surface area contributed by atoms with Crippen LogP contribution in [0.25, 0.3) is 0 Å². The number of carbonyl (C=O) groups excluding carboxylic acids is 1. The summed E-state index contributed by atoms with van der Waals surface area (Å²) in [4.78, 5) is 16.2. The van der Waals surface area contributed by atoms with Crippen molar-refractivity contribution in [3.63, 3.8) is 0 Å². The van der Waals surface area contributed by atoms with Gasteiger partial charge in [-0.05, 0) is 51.2 Å². The van der Waals surface area contributed by atoms with Crippen molar-refractivity contribution in [3.8, 4) is 11.8 Å². The van der Waals surface area contributed by atoms with E-state index in [0.29, 0.717) is 11.7 Å². The number of nitrogens with zero attached hydrogens (tertiary/aromatic N) is 1. The van der Waals surface area contributed by atoms with E-state index in [4.69, 9.17) is 0 Å². The summed E-state index contributed by atoms with van der Waals surface area (Å²) in [6, 6.07) is 5.93. The van der Waals surface area contributed by atoms with Crippen LogP contribution in [0.15, 0.2) is 24.4 Å². The van der Waals surface area contributed by atoms with E-state index in [1.165, 1.54) is 6.42 Å². The fourth-order valence-electron chi connectivity index (χ4n) is 1.63. The van der Waals surface area contributed by atoms with E-state index in [1.807, 2.05) is 32.0 Å². The first kappa shape index (κ1) is 12.6. The summed E-state index contributed by atoms with van der Waals surface area (Å²) in [7, 11) is 0. The lowest BCUT2D eigenvalue weighted by Crippen LogP contribution is -2.45. The number of hydrogen-bond acceptors (Lipinski definition) is 2. The molecule has 1 heterocycles. The monoisotopic (exact) mass is 242 g/mol. The quantitative estimate of drug-likeness (QED) is 0.807. The number of hydrogen-bond donors (Lipinski definition) is 1. The van der Waals surface area contributed by atoms with Crippen LogP contribution in [0.4, 0.5) is 0 Å². The topological polar surface area (TPSA) is 42.0 Å². The Morgan fingerprint density at radius 2 is 2.22 bits per heavy atom. The SMILES string of the molecule is CC(C)(C#Cc1ccccn1)C(=O)NC1CCC1.